The first-order valence-electron chi connectivity index (χ1n) is 8.32. The molecule has 7 heteroatoms. The highest BCUT2D eigenvalue weighted by atomic mass is 16.5. The van der Waals surface area contributed by atoms with Crippen molar-refractivity contribution in [1.29, 1.82) is 0 Å². The van der Waals surface area contributed by atoms with Gasteiger partial charge in [0.15, 0.2) is 0 Å². The number of nitrogens with one attached hydrogen (secondary N) is 1. The Bertz CT molecular complexity index is 553. The molecular weight excluding hydrogens is 294 g/mol. The second-order valence-electron chi connectivity index (χ2n) is 6.26. The van der Waals surface area contributed by atoms with Gasteiger partial charge < -0.3 is 9.64 Å². The minimum absolute atomic E-state index is 0.0644. The van der Waals surface area contributed by atoms with Crippen molar-refractivity contribution in [3.63, 3.8) is 0 Å². The van der Waals surface area contributed by atoms with Gasteiger partial charge in [-0.15, -0.1) is 0 Å². The molecule has 0 aromatic carbocycles. The third-order valence-corrected chi connectivity index (χ3v) is 4.78. The third-order valence-electron chi connectivity index (χ3n) is 4.78. The van der Waals surface area contributed by atoms with E-state index in [4.69, 9.17) is 4.74 Å². The predicted octanol–water partition coefficient (Wildman–Crippen LogP) is 1.71. The van der Waals surface area contributed by atoms with Crippen molar-refractivity contribution in [3.05, 3.63) is 18.1 Å². The van der Waals surface area contributed by atoms with Crippen molar-refractivity contribution in [2.75, 3.05) is 32.1 Å². The number of ether oxygens (including phenoxy) is 1. The van der Waals surface area contributed by atoms with Gasteiger partial charge in [0.05, 0.1) is 12.3 Å². The maximum atomic E-state index is 12.7. The van der Waals surface area contributed by atoms with Gasteiger partial charge in [0.1, 0.15) is 12.1 Å². The van der Waals surface area contributed by atoms with E-state index in [0.29, 0.717) is 18.5 Å². The Balaban J connectivity index is 1.67. The number of methoxy groups -OCH3 is 1. The first kappa shape index (κ1) is 16.1. The molecule has 0 radical (unpaired) electrons. The smallest absolute Gasteiger partial charge is 0.323 e. The van der Waals surface area contributed by atoms with Gasteiger partial charge in [-0.05, 0) is 25.8 Å². The number of amides is 2. The summed E-state index contributed by atoms with van der Waals surface area (Å²) in [5.41, 5.74) is 0.755. The van der Waals surface area contributed by atoms with Crippen LogP contribution in [0.4, 0.5) is 10.6 Å². The van der Waals surface area contributed by atoms with Gasteiger partial charge >= 0.3 is 6.03 Å². The van der Waals surface area contributed by atoms with Crippen molar-refractivity contribution < 1.29 is 9.53 Å². The molecule has 2 aliphatic rings. The molecule has 2 atom stereocenters. The van der Waals surface area contributed by atoms with E-state index in [-0.39, 0.29) is 12.1 Å². The van der Waals surface area contributed by atoms with Gasteiger partial charge in [0, 0.05) is 38.3 Å². The Labute approximate surface area is 137 Å². The Kier molecular flexibility index (Phi) is 5.07. The van der Waals surface area contributed by atoms with Crippen LogP contribution in [0, 0.1) is 0 Å². The molecule has 2 aliphatic heterocycles. The van der Waals surface area contributed by atoms with E-state index in [9.17, 15) is 4.79 Å². The Hall–Kier alpha value is -1.73. The molecule has 0 aliphatic carbocycles. The zero-order chi connectivity index (χ0) is 16.2. The van der Waals surface area contributed by atoms with Gasteiger partial charge in [-0.3, -0.25) is 10.2 Å². The summed E-state index contributed by atoms with van der Waals surface area (Å²) in [5.74, 6) is 0.528. The average molecular weight is 319 g/mol. The molecule has 126 valence electrons. The molecule has 23 heavy (non-hydrogen) atoms. The SMILES string of the molecule is CCC1CN2CCCC2CN1C(=O)Nc1cc(COC)ncn1. The minimum Gasteiger partial charge on any atom is -0.378 e. The number of fused-ring (bicyclic) bond motifs is 1. The fraction of sp³-hybridized carbons (Fsp3) is 0.688. The highest BCUT2D eigenvalue weighted by molar-refractivity contribution is 5.88. The number of hydrogen-bond donors (Lipinski definition) is 1. The van der Waals surface area contributed by atoms with Crippen LogP contribution in [0.5, 0.6) is 0 Å². The normalized spacial score (nSPS) is 24.5. The van der Waals surface area contributed by atoms with Gasteiger partial charge in [-0.2, -0.15) is 0 Å². The van der Waals surface area contributed by atoms with E-state index >= 15 is 0 Å². The second-order valence-corrected chi connectivity index (χ2v) is 6.26. The maximum Gasteiger partial charge on any atom is 0.323 e. The molecule has 1 N–H and O–H groups in total. The Morgan fingerprint density at radius 3 is 3.09 bits per heavy atom. The standard InChI is InChI=1S/C16H25N5O2/c1-3-13-8-20-6-4-5-14(20)9-21(13)16(22)19-15-7-12(10-23-2)17-11-18-15/h7,11,13-14H,3-6,8-10H2,1-2H3,(H,17,18,19,22). The molecule has 3 heterocycles. The number of carbonyl (C=O) groups excluding carboxylic acids is 1. The van der Waals surface area contributed by atoms with E-state index < -0.39 is 0 Å². The van der Waals surface area contributed by atoms with Crippen LogP contribution in [0.3, 0.4) is 0 Å². The summed E-state index contributed by atoms with van der Waals surface area (Å²) in [6.07, 6.45) is 4.85. The number of nitrogens with zero attached hydrogens (tertiary/aromatic N) is 4. The zero-order valence-electron chi connectivity index (χ0n) is 13.9. The highest BCUT2D eigenvalue weighted by Crippen LogP contribution is 2.26. The first-order chi connectivity index (χ1) is 11.2. The third kappa shape index (κ3) is 3.61. The summed E-state index contributed by atoms with van der Waals surface area (Å²) >= 11 is 0. The van der Waals surface area contributed by atoms with Crippen LogP contribution < -0.4 is 5.32 Å². The fourth-order valence-corrected chi connectivity index (χ4v) is 3.56. The lowest BCUT2D eigenvalue weighted by atomic mass is 10.1. The zero-order valence-corrected chi connectivity index (χ0v) is 13.9. The summed E-state index contributed by atoms with van der Waals surface area (Å²) in [4.78, 5) is 25.5. The maximum absolute atomic E-state index is 12.7. The number of urea groups is 1. The van der Waals surface area contributed by atoms with Gasteiger partial charge in [-0.25, -0.2) is 14.8 Å². The molecule has 1 aromatic rings. The number of carbonyl (C=O) groups is 1. The van der Waals surface area contributed by atoms with Crippen molar-refractivity contribution in [2.24, 2.45) is 0 Å². The molecule has 0 saturated carbocycles. The first-order valence-corrected chi connectivity index (χ1v) is 8.32. The van der Waals surface area contributed by atoms with Crippen molar-refractivity contribution in [2.45, 2.75) is 44.9 Å². The van der Waals surface area contributed by atoms with E-state index in [1.165, 1.54) is 25.7 Å². The summed E-state index contributed by atoms with van der Waals surface area (Å²) in [5, 5.41) is 2.92. The van der Waals surface area contributed by atoms with Crippen LogP contribution in [0.2, 0.25) is 0 Å². The number of anilines is 1. The molecule has 1 aromatic heterocycles. The summed E-state index contributed by atoms with van der Waals surface area (Å²) in [6.45, 7) is 5.50. The number of aromatic nitrogens is 2. The van der Waals surface area contributed by atoms with Crippen molar-refractivity contribution in [1.82, 2.24) is 19.8 Å². The Morgan fingerprint density at radius 1 is 1.43 bits per heavy atom. The highest BCUT2D eigenvalue weighted by Gasteiger charge is 2.37. The number of piperazine rings is 1. The molecule has 2 fully saturated rings. The lowest BCUT2D eigenvalue weighted by Crippen LogP contribution is -2.58. The molecule has 0 bridgehead atoms. The summed E-state index contributed by atoms with van der Waals surface area (Å²) < 4.78 is 5.07. The lowest BCUT2D eigenvalue weighted by molar-refractivity contribution is 0.0767. The van der Waals surface area contributed by atoms with E-state index in [1.54, 1.807) is 13.2 Å². The van der Waals surface area contributed by atoms with Gasteiger partial charge in [0.2, 0.25) is 0 Å². The number of hydrogen-bond acceptors (Lipinski definition) is 5. The minimum atomic E-state index is -0.0644. The van der Waals surface area contributed by atoms with Crippen LogP contribution in [-0.2, 0) is 11.3 Å². The van der Waals surface area contributed by atoms with E-state index in [1.807, 2.05) is 4.90 Å². The molecule has 2 unspecified atom stereocenters. The topological polar surface area (TPSA) is 70.6 Å². The van der Waals surface area contributed by atoms with Gasteiger partial charge in [-0.1, -0.05) is 6.92 Å². The molecule has 3 rings (SSSR count). The number of rotatable bonds is 4. The summed E-state index contributed by atoms with van der Waals surface area (Å²) in [6, 6.07) is 2.47. The lowest BCUT2D eigenvalue weighted by Gasteiger charge is -2.43. The van der Waals surface area contributed by atoms with Crippen LogP contribution in [0.25, 0.3) is 0 Å². The molecular formula is C16H25N5O2. The van der Waals surface area contributed by atoms with E-state index in [2.05, 4.69) is 27.1 Å². The second kappa shape index (κ2) is 7.23. The van der Waals surface area contributed by atoms with E-state index in [0.717, 1.165) is 25.2 Å². The van der Waals surface area contributed by atoms with Crippen LogP contribution in [0.1, 0.15) is 31.9 Å². The average Bonchev–Trinajstić information content (AvgIpc) is 3.01. The summed E-state index contributed by atoms with van der Waals surface area (Å²) in [7, 11) is 1.62. The van der Waals surface area contributed by atoms with Crippen LogP contribution >= 0.6 is 0 Å². The molecule has 2 amide bonds. The Morgan fingerprint density at radius 2 is 2.30 bits per heavy atom. The van der Waals surface area contributed by atoms with Crippen LogP contribution in [0.15, 0.2) is 12.4 Å². The largest absolute Gasteiger partial charge is 0.378 e. The predicted molar refractivity (Wildman–Crippen MR) is 87.1 cm³/mol. The quantitative estimate of drug-likeness (QED) is 0.915. The van der Waals surface area contributed by atoms with Crippen molar-refractivity contribution in [3.8, 4) is 0 Å². The van der Waals surface area contributed by atoms with Crippen molar-refractivity contribution >= 4 is 11.8 Å². The monoisotopic (exact) mass is 319 g/mol. The molecule has 2 saturated heterocycles. The van der Waals surface area contributed by atoms with Crippen LogP contribution in [-0.4, -0.2) is 64.6 Å². The van der Waals surface area contributed by atoms with Gasteiger partial charge in [0.25, 0.3) is 0 Å². The molecule has 7 nitrogen and oxygen atoms in total. The fourth-order valence-electron chi connectivity index (χ4n) is 3.56. The molecule has 0 spiro atoms.